The summed E-state index contributed by atoms with van der Waals surface area (Å²) in [5, 5.41) is 3.29. The van der Waals surface area contributed by atoms with Gasteiger partial charge in [-0.2, -0.15) is 0 Å². The molecule has 0 unspecified atom stereocenters. The summed E-state index contributed by atoms with van der Waals surface area (Å²) in [5.41, 5.74) is 3.16. The van der Waals surface area contributed by atoms with Crippen LogP contribution in [-0.4, -0.2) is 7.11 Å². The molecule has 2 nitrogen and oxygen atoms in total. The summed E-state index contributed by atoms with van der Waals surface area (Å²) >= 11 is 0. The van der Waals surface area contributed by atoms with Crippen molar-refractivity contribution in [3.8, 4) is 5.75 Å². The van der Waals surface area contributed by atoms with E-state index in [9.17, 15) is 4.39 Å². The highest BCUT2D eigenvalue weighted by Gasteiger charge is 2.00. The highest BCUT2D eigenvalue weighted by atomic mass is 19.1. The van der Waals surface area contributed by atoms with Crippen LogP contribution in [0, 0.1) is 12.7 Å². The van der Waals surface area contributed by atoms with Gasteiger partial charge in [0.25, 0.3) is 0 Å². The Balaban J connectivity index is 2.02. The Morgan fingerprint density at radius 1 is 1.11 bits per heavy atom. The van der Waals surface area contributed by atoms with Crippen molar-refractivity contribution in [1.29, 1.82) is 0 Å². The fraction of sp³-hybridized carbons (Fsp3) is 0.200. The Hall–Kier alpha value is -2.03. The predicted molar refractivity (Wildman–Crippen MR) is 71.5 cm³/mol. The molecule has 0 atom stereocenters. The molecule has 94 valence electrons. The van der Waals surface area contributed by atoms with Gasteiger partial charge < -0.3 is 10.1 Å². The van der Waals surface area contributed by atoms with E-state index in [1.165, 1.54) is 12.1 Å². The molecule has 0 spiro atoms. The van der Waals surface area contributed by atoms with Crippen LogP contribution in [0.25, 0.3) is 0 Å². The van der Waals surface area contributed by atoms with E-state index in [0.717, 1.165) is 22.6 Å². The van der Waals surface area contributed by atoms with Crippen LogP contribution in [0.5, 0.6) is 5.75 Å². The zero-order valence-corrected chi connectivity index (χ0v) is 10.5. The molecule has 3 heteroatoms. The van der Waals surface area contributed by atoms with Crippen molar-refractivity contribution in [2.45, 2.75) is 13.5 Å². The van der Waals surface area contributed by atoms with E-state index in [1.54, 1.807) is 19.2 Å². The van der Waals surface area contributed by atoms with Gasteiger partial charge in [-0.05, 0) is 48.4 Å². The van der Waals surface area contributed by atoms with Crippen molar-refractivity contribution >= 4 is 5.69 Å². The first kappa shape index (κ1) is 12.4. The molecule has 2 aromatic carbocycles. The lowest BCUT2D eigenvalue weighted by Crippen LogP contribution is -2.00. The highest BCUT2D eigenvalue weighted by molar-refractivity contribution is 5.51. The van der Waals surface area contributed by atoms with Crippen LogP contribution in [0.15, 0.2) is 42.5 Å². The number of methoxy groups -OCH3 is 1. The predicted octanol–water partition coefficient (Wildman–Crippen LogP) is 3.75. The monoisotopic (exact) mass is 245 g/mol. The summed E-state index contributed by atoms with van der Waals surface area (Å²) < 4.78 is 18.0. The fourth-order valence-electron chi connectivity index (χ4n) is 1.79. The van der Waals surface area contributed by atoms with E-state index in [-0.39, 0.29) is 5.82 Å². The normalized spacial score (nSPS) is 10.2. The maximum Gasteiger partial charge on any atom is 0.123 e. The molecule has 18 heavy (non-hydrogen) atoms. The Morgan fingerprint density at radius 2 is 1.83 bits per heavy atom. The third kappa shape index (κ3) is 3.00. The largest absolute Gasteiger partial charge is 0.496 e. The third-order valence-corrected chi connectivity index (χ3v) is 2.80. The number of nitrogens with one attached hydrogen (secondary N) is 1. The number of aryl methyl sites for hydroxylation is 1. The van der Waals surface area contributed by atoms with E-state index in [4.69, 9.17) is 4.74 Å². The fourth-order valence-corrected chi connectivity index (χ4v) is 1.79. The van der Waals surface area contributed by atoms with Gasteiger partial charge in [-0.25, -0.2) is 4.39 Å². The lowest BCUT2D eigenvalue weighted by atomic mass is 10.2. The number of rotatable bonds is 4. The maximum atomic E-state index is 12.8. The first-order chi connectivity index (χ1) is 8.69. The minimum atomic E-state index is -0.209. The molecule has 2 aromatic rings. The summed E-state index contributed by atoms with van der Waals surface area (Å²) in [6.07, 6.45) is 0. The molecule has 0 saturated carbocycles. The number of hydrogen-bond donors (Lipinski definition) is 1. The van der Waals surface area contributed by atoms with E-state index < -0.39 is 0 Å². The standard InChI is InChI=1S/C15H16FNO/c1-11-9-14(7-8-15(11)18-2)17-10-12-3-5-13(16)6-4-12/h3-9,17H,10H2,1-2H3. The summed E-state index contributed by atoms with van der Waals surface area (Å²) in [6, 6.07) is 12.4. The van der Waals surface area contributed by atoms with Crippen LogP contribution < -0.4 is 10.1 Å². The third-order valence-electron chi connectivity index (χ3n) is 2.80. The van der Waals surface area contributed by atoms with Crippen molar-refractivity contribution in [1.82, 2.24) is 0 Å². The van der Waals surface area contributed by atoms with Gasteiger partial charge in [0.1, 0.15) is 11.6 Å². The van der Waals surface area contributed by atoms with Crippen molar-refractivity contribution in [2.24, 2.45) is 0 Å². The summed E-state index contributed by atoms with van der Waals surface area (Å²) in [7, 11) is 1.66. The van der Waals surface area contributed by atoms with Gasteiger partial charge in [-0.15, -0.1) is 0 Å². The minimum Gasteiger partial charge on any atom is -0.496 e. The molecule has 0 aliphatic heterocycles. The molecule has 0 aromatic heterocycles. The van der Waals surface area contributed by atoms with Crippen LogP contribution in [-0.2, 0) is 6.54 Å². The van der Waals surface area contributed by atoms with Gasteiger partial charge in [-0.3, -0.25) is 0 Å². The second-order valence-electron chi connectivity index (χ2n) is 4.16. The summed E-state index contributed by atoms with van der Waals surface area (Å²) in [5.74, 6) is 0.668. The molecule has 0 aliphatic rings. The zero-order valence-electron chi connectivity index (χ0n) is 10.5. The average molecular weight is 245 g/mol. The van der Waals surface area contributed by atoms with E-state index in [1.807, 2.05) is 25.1 Å². The molecule has 0 aliphatic carbocycles. The smallest absolute Gasteiger partial charge is 0.123 e. The number of hydrogen-bond acceptors (Lipinski definition) is 2. The number of halogens is 1. The highest BCUT2D eigenvalue weighted by Crippen LogP contribution is 2.21. The van der Waals surface area contributed by atoms with Gasteiger partial charge in [0.2, 0.25) is 0 Å². The molecule has 0 radical (unpaired) electrons. The second kappa shape index (κ2) is 5.54. The first-order valence-electron chi connectivity index (χ1n) is 5.82. The molecular formula is C15H16FNO. The van der Waals surface area contributed by atoms with Crippen molar-refractivity contribution in [3.63, 3.8) is 0 Å². The molecule has 0 fully saturated rings. The van der Waals surface area contributed by atoms with Gasteiger partial charge >= 0.3 is 0 Å². The van der Waals surface area contributed by atoms with Crippen LogP contribution in [0.4, 0.5) is 10.1 Å². The van der Waals surface area contributed by atoms with Crippen molar-refractivity contribution < 1.29 is 9.13 Å². The first-order valence-corrected chi connectivity index (χ1v) is 5.82. The Bertz CT molecular complexity index is 523. The van der Waals surface area contributed by atoms with Crippen molar-refractivity contribution in [3.05, 3.63) is 59.4 Å². The molecule has 1 N–H and O–H groups in total. The van der Waals surface area contributed by atoms with Crippen LogP contribution in [0.3, 0.4) is 0 Å². The molecule has 2 rings (SSSR count). The summed E-state index contributed by atoms with van der Waals surface area (Å²) in [4.78, 5) is 0. The van der Waals surface area contributed by atoms with Crippen LogP contribution >= 0.6 is 0 Å². The van der Waals surface area contributed by atoms with Gasteiger partial charge in [0.05, 0.1) is 7.11 Å². The van der Waals surface area contributed by atoms with Crippen molar-refractivity contribution in [2.75, 3.05) is 12.4 Å². The molecular weight excluding hydrogens is 229 g/mol. The lowest BCUT2D eigenvalue weighted by Gasteiger charge is -2.10. The van der Waals surface area contributed by atoms with Crippen LogP contribution in [0.2, 0.25) is 0 Å². The SMILES string of the molecule is COc1ccc(NCc2ccc(F)cc2)cc1C. The van der Waals surface area contributed by atoms with E-state index in [2.05, 4.69) is 5.32 Å². The average Bonchev–Trinajstić information content (AvgIpc) is 2.38. The zero-order chi connectivity index (χ0) is 13.0. The number of ether oxygens (including phenoxy) is 1. The molecule has 0 bridgehead atoms. The van der Waals surface area contributed by atoms with E-state index >= 15 is 0 Å². The lowest BCUT2D eigenvalue weighted by molar-refractivity contribution is 0.412. The maximum absolute atomic E-state index is 12.8. The Labute approximate surface area is 106 Å². The molecule has 0 saturated heterocycles. The number of anilines is 1. The Kier molecular flexibility index (Phi) is 3.82. The topological polar surface area (TPSA) is 21.3 Å². The molecule has 0 amide bonds. The minimum absolute atomic E-state index is 0.209. The quantitative estimate of drug-likeness (QED) is 0.885. The van der Waals surface area contributed by atoms with Crippen LogP contribution in [0.1, 0.15) is 11.1 Å². The van der Waals surface area contributed by atoms with Gasteiger partial charge in [-0.1, -0.05) is 12.1 Å². The molecule has 0 heterocycles. The Morgan fingerprint density at radius 3 is 2.44 bits per heavy atom. The van der Waals surface area contributed by atoms with E-state index in [0.29, 0.717) is 6.54 Å². The second-order valence-corrected chi connectivity index (χ2v) is 4.16. The summed E-state index contributed by atoms with van der Waals surface area (Å²) in [6.45, 7) is 2.67. The van der Waals surface area contributed by atoms with Gasteiger partial charge in [0, 0.05) is 12.2 Å². The van der Waals surface area contributed by atoms with Gasteiger partial charge in [0.15, 0.2) is 0 Å². The number of benzene rings is 2.